The summed E-state index contributed by atoms with van der Waals surface area (Å²) >= 11 is 0. The number of hydrogen-bond donors (Lipinski definition) is 0. The van der Waals surface area contributed by atoms with Gasteiger partial charge in [-0.3, -0.25) is 0 Å². The van der Waals surface area contributed by atoms with Crippen LogP contribution in [0.15, 0.2) is 59.7 Å². The van der Waals surface area contributed by atoms with E-state index in [1.54, 1.807) is 48.5 Å². The van der Waals surface area contributed by atoms with Crippen molar-refractivity contribution < 1.29 is 47.6 Å². The number of carbonyl (C=O) groups excluding carboxylic acids is 4. The summed E-state index contributed by atoms with van der Waals surface area (Å²) in [4.78, 5) is 51.1. The monoisotopic (exact) mass is 708 g/mol. The molecule has 0 saturated heterocycles. The molecule has 0 heterocycles. The fraction of sp³-hybridized carbons (Fsp3) is 0.512. The van der Waals surface area contributed by atoms with Crippen LogP contribution in [0.2, 0.25) is 0 Å². The topological polar surface area (TPSA) is 124 Å². The van der Waals surface area contributed by atoms with Gasteiger partial charge in [-0.1, -0.05) is 79.7 Å². The molecule has 280 valence electrons. The van der Waals surface area contributed by atoms with Crippen molar-refractivity contribution in [2.24, 2.45) is 23.7 Å². The molecule has 0 atom stereocenters. The first-order valence-corrected chi connectivity index (χ1v) is 17.8. The fourth-order valence-corrected chi connectivity index (χ4v) is 4.08. The number of hydrogen-bond acceptors (Lipinski definition) is 10. The van der Waals surface area contributed by atoms with E-state index in [0.717, 1.165) is 0 Å². The molecule has 0 aliphatic rings. The molecule has 0 aliphatic heterocycles. The Labute approximate surface area is 303 Å². The molecule has 10 nitrogen and oxygen atoms in total. The second-order valence-electron chi connectivity index (χ2n) is 13.9. The Morgan fingerprint density at radius 2 is 0.706 bits per heavy atom. The second kappa shape index (κ2) is 23.0. The maximum atomic E-state index is 12.8. The van der Waals surface area contributed by atoms with Gasteiger partial charge >= 0.3 is 23.9 Å². The van der Waals surface area contributed by atoms with Gasteiger partial charge < -0.3 is 28.4 Å². The van der Waals surface area contributed by atoms with E-state index in [2.05, 4.69) is 0 Å². The first-order chi connectivity index (χ1) is 24.2. The normalized spacial score (nSPS) is 10.9. The minimum absolute atomic E-state index is 0.102. The van der Waals surface area contributed by atoms with Crippen LogP contribution in [0.5, 0.6) is 11.5 Å². The predicted molar refractivity (Wildman–Crippen MR) is 197 cm³/mol. The van der Waals surface area contributed by atoms with Crippen molar-refractivity contribution >= 4 is 36.0 Å². The standard InChI is InChI=1S/C41H56O10/c1-28(2)17-21-46-38(42)36(39(43)47-22-18-29(3)4)25-32-9-13-34(14-10-32)50-27-51-35-15-11-33(12-16-35)26-37(40(44)48-23-19-30(5)6)41(45)49-24-20-31(7)8/h9-16,25-26,28-31H,17-24,27H2,1-8H3. The van der Waals surface area contributed by atoms with Crippen molar-refractivity contribution in [3.63, 3.8) is 0 Å². The molecule has 0 saturated carbocycles. The van der Waals surface area contributed by atoms with Gasteiger partial charge in [0.15, 0.2) is 0 Å². The second-order valence-corrected chi connectivity index (χ2v) is 13.9. The SMILES string of the molecule is CC(C)CCOC(=O)C(=Cc1ccc(OCOc2ccc(C=C(C(=O)OCCC(C)C)C(=O)OCCC(C)C)cc2)cc1)C(=O)OCCC(C)C. The maximum absolute atomic E-state index is 12.8. The minimum Gasteiger partial charge on any atom is -0.462 e. The van der Waals surface area contributed by atoms with Crippen LogP contribution in [0.3, 0.4) is 0 Å². The van der Waals surface area contributed by atoms with E-state index in [9.17, 15) is 19.2 Å². The molecular formula is C41H56O10. The van der Waals surface area contributed by atoms with E-state index in [1.165, 1.54) is 12.2 Å². The zero-order valence-electron chi connectivity index (χ0n) is 31.5. The Kier molecular flexibility index (Phi) is 19.2. The third-order valence-electron chi connectivity index (χ3n) is 7.43. The molecule has 2 rings (SSSR count). The van der Waals surface area contributed by atoms with Crippen LogP contribution >= 0.6 is 0 Å². The van der Waals surface area contributed by atoms with Gasteiger partial charge in [0.05, 0.1) is 26.4 Å². The number of esters is 4. The molecular weight excluding hydrogens is 652 g/mol. The summed E-state index contributed by atoms with van der Waals surface area (Å²) in [7, 11) is 0. The van der Waals surface area contributed by atoms with Crippen LogP contribution in [0.25, 0.3) is 12.2 Å². The van der Waals surface area contributed by atoms with Crippen molar-refractivity contribution in [2.75, 3.05) is 33.2 Å². The molecule has 0 aromatic heterocycles. The van der Waals surface area contributed by atoms with Crippen molar-refractivity contribution in [1.82, 2.24) is 0 Å². The van der Waals surface area contributed by atoms with Crippen LogP contribution in [0.4, 0.5) is 0 Å². The van der Waals surface area contributed by atoms with Crippen LogP contribution in [-0.2, 0) is 38.1 Å². The Morgan fingerprint density at radius 1 is 0.451 bits per heavy atom. The third-order valence-corrected chi connectivity index (χ3v) is 7.43. The van der Waals surface area contributed by atoms with Gasteiger partial charge in [0, 0.05) is 0 Å². The summed E-state index contributed by atoms with van der Waals surface area (Å²) < 4.78 is 32.8. The molecule has 0 fully saturated rings. The van der Waals surface area contributed by atoms with Crippen molar-refractivity contribution in [3.05, 3.63) is 70.8 Å². The van der Waals surface area contributed by atoms with Crippen molar-refractivity contribution in [1.29, 1.82) is 0 Å². The Morgan fingerprint density at radius 3 is 0.941 bits per heavy atom. The van der Waals surface area contributed by atoms with Crippen molar-refractivity contribution in [2.45, 2.75) is 81.1 Å². The maximum Gasteiger partial charge on any atom is 0.345 e. The van der Waals surface area contributed by atoms with Crippen molar-refractivity contribution in [3.8, 4) is 11.5 Å². The molecule has 0 aliphatic carbocycles. The largest absolute Gasteiger partial charge is 0.462 e. The lowest BCUT2D eigenvalue weighted by molar-refractivity contribution is -0.149. The lowest BCUT2D eigenvalue weighted by atomic mass is 10.1. The highest BCUT2D eigenvalue weighted by Gasteiger charge is 2.23. The van der Waals surface area contributed by atoms with Crippen LogP contribution < -0.4 is 9.47 Å². The van der Waals surface area contributed by atoms with Crippen LogP contribution in [0, 0.1) is 23.7 Å². The van der Waals surface area contributed by atoms with Gasteiger partial charge in [0.2, 0.25) is 6.79 Å². The Bertz CT molecular complexity index is 1270. The summed E-state index contributed by atoms with van der Waals surface area (Å²) in [6.45, 7) is 16.9. The summed E-state index contributed by atoms with van der Waals surface area (Å²) in [5, 5.41) is 0. The van der Waals surface area contributed by atoms with Crippen LogP contribution in [-0.4, -0.2) is 57.1 Å². The fourth-order valence-electron chi connectivity index (χ4n) is 4.08. The molecule has 2 aromatic rings. The van der Waals surface area contributed by atoms with Gasteiger partial charge in [-0.05, 0) is 96.9 Å². The molecule has 2 aromatic carbocycles. The number of ether oxygens (including phenoxy) is 6. The van der Waals surface area contributed by atoms with E-state index in [0.29, 0.717) is 72.0 Å². The quantitative estimate of drug-likeness (QED) is 0.0295. The average Bonchev–Trinajstić information content (AvgIpc) is 3.06. The Balaban J connectivity index is 2.05. The van der Waals surface area contributed by atoms with E-state index < -0.39 is 23.9 Å². The molecule has 0 spiro atoms. The first-order valence-electron chi connectivity index (χ1n) is 17.8. The first kappa shape index (κ1) is 42.6. The molecule has 0 bridgehead atoms. The molecule has 0 N–H and O–H groups in total. The van der Waals surface area contributed by atoms with Gasteiger partial charge in [0.25, 0.3) is 0 Å². The summed E-state index contributed by atoms with van der Waals surface area (Å²) in [6.07, 6.45) is 5.63. The Hall–Kier alpha value is -4.60. The lowest BCUT2D eigenvalue weighted by Gasteiger charge is -2.12. The molecule has 10 heteroatoms. The van der Waals surface area contributed by atoms with E-state index in [4.69, 9.17) is 28.4 Å². The highest BCUT2D eigenvalue weighted by molar-refractivity contribution is 6.18. The van der Waals surface area contributed by atoms with Gasteiger partial charge in [-0.25, -0.2) is 19.2 Å². The van der Waals surface area contributed by atoms with E-state index >= 15 is 0 Å². The average molecular weight is 709 g/mol. The highest BCUT2D eigenvalue weighted by Crippen LogP contribution is 2.20. The zero-order chi connectivity index (χ0) is 37.8. The number of rotatable bonds is 22. The number of benzene rings is 2. The smallest absolute Gasteiger partial charge is 0.345 e. The lowest BCUT2D eigenvalue weighted by Crippen LogP contribution is -2.20. The predicted octanol–water partition coefficient (Wildman–Crippen LogP) is 8.23. The zero-order valence-corrected chi connectivity index (χ0v) is 31.5. The summed E-state index contributed by atoms with van der Waals surface area (Å²) in [5.74, 6) is -0.484. The van der Waals surface area contributed by atoms with E-state index in [-0.39, 0.29) is 44.4 Å². The highest BCUT2D eigenvalue weighted by atomic mass is 16.7. The minimum atomic E-state index is -0.722. The van der Waals surface area contributed by atoms with E-state index in [1.807, 2.05) is 55.4 Å². The third kappa shape index (κ3) is 17.8. The molecule has 0 radical (unpaired) electrons. The summed E-state index contributed by atoms with van der Waals surface area (Å²) in [5.41, 5.74) is 0.845. The molecule has 0 amide bonds. The molecule has 0 unspecified atom stereocenters. The van der Waals surface area contributed by atoms with Gasteiger partial charge in [-0.15, -0.1) is 0 Å². The van der Waals surface area contributed by atoms with Gasteiger partial charge in [-0.2, -0.15) is 0 Å². The van der Waals surface area contributed by atoms with Crippen LogP contribution in [0.1, 0.15) is 92.2 Å². The van der Waals surface area contributed by atoms with Gasteiger partial charge in [0.1, 0.15) is 22.6 Å². The molecule has 51 heavy (non-hydrogen) atoms. The number of carbonyl (C=O) groups is 4. The summed E-state index contributed by atoms with van der Waals surface area (Å²) in [6, 6.07) is 13.6.